The van der Waals surface area contributed by atoms with E-state index in [1.807, 2.05) is 0 Å². The molecule has 68 valence electrons. The van der Waals surface area contributed by atoms with Gasteiger partial charge in [0.2, 0.25) is 0 Å². The van der Waals surface area contributed by atoms with Crippen LogP contribution in [0.5, 0.6) is 0 Å². The molecule has 12 heavy (non-hydrogen) atoms. The van der Waals surface area contributed by atoms with Crippen molar-refractivity contribution in [1.29, 1.82) is 0 Å². The van der Waals surface area contributed by atoms with Crippen LogP contribution in [0, 0.1) is 5.92 Å². The Balaban J connectivity index is 2.40. The molecule has 1 aliphatic heterocycles. The quantitative estimate of drug-likeness (QED) is 0.592. The molecular weight excluding hydrogens is 155 g/mol. The van der Waals surface area contributed by atoms with Crippen molar-refractivity contribution in [3.63, 3.8) is 0 Å². The number of aliphatic hydroxyl groups excluding tert-OH is 1. The van der Waals surface area contributed by atoms with E-state index in [1.54, 1.807) is 7.11 Å². The van der Waals surface area contributed by atoms with Crippen molar-refractivity contribution >= 4 is 7.85 Å². The normalized spacial score (nSPS) is 37.7. The third-order valence-electron chi connectivity index (χ3n) is 2.13. The highest BCUT2D eigenvalue weighted by molar-refractivity contribution is 6.11. The molecule has 0 aliphatic carbocycles. The summed E-state index contributed by atoms with van der Waals surface area (Å²) in [5, 5.41) is 9.61. The first-order valence-electron chi connectivity index (χ1n) is 4.24. The van der Waals surface area contributed by atoms with Crippen LogP contribution in [0.4, 0.5) is 0 Å². The molecule has 2 radical (unpaired) electrons. The van der Waals surface area contributed by atoms with Gasteiger partial charge in [0.15, 0.2) is 0 Å². The van der Waals surface area contributed by atoms with Crippen molar-refractivity contribution in [2.75, 3.05) is 26.9 Å². The molecule has 4 heteroatoms. The molecule has 1 rings (SSSR count). The van der Waals surface area contributed by atoms with Crippen LogP contribution in [-0.4, -0.2) is 46.0 Å². The zero-order valence-corrected chi connectivity index (χ0v) is 7.40. The highest BCUT2D eigenvalue weighted by atomic mass is 16.5. The Labute approximate surface area is 74.5 Å². The molecule has 1 N–H and O–H groups in total. The molecule has 1 aliphatic rings. The number of ether oxygens (including phenoxy) is 2. The zero-order chi connectivity index (χ0) is 8.97. The Morgan fingerprint density at radius 3 is 3.00 bits per heavy atom. The zero-order valence-electron chi connectivity index (χ0n) is 7.40. The van der Waals surface area contributed by atoms with E-state index in [1.165, 1.54) is 0 Å². The van der Waals surface area contributed by atoms with Crippen molar-refractivity contribution in [3.05, 3.63) is 0 Å². The second kappa shape index (κ2) is 4.85. The monoisotopic (exact) mass is 170 g/mol. The van der Waals surface area contributed by atoms with Crippen LogP contribution in [0.2, 0.25) is 5.82 Å². The maximum absolute atomic E-state index is 9.61. The largest absolute Gasteiger partial charge is 0.393 e. The Hall–Kier alpha value is -0.0551. The summed E-state index contributed by atoms with van der Waals surface area (Å²) in [5.74, 6) is 0.0328. The van der Waals surface area contributed by atoms with Gasteiger partial charge in [-0.15, -0.1) is 0 Å². The number of hydrogen-bond acceptors (Lipinski definition) is 3. The lowest BCUT2D eigenvalue weighted by molar-refractivity contribution is 0.0123. The first kappa shape index (κ1) is 10.0. The lowest BCUT2D eigenvalue weighted by Gasteiger charge is -2.18. The number of rotatable bonds is 2. The van der Waals surface area contributed by atoms with Crippen LogP contribution in [0.25, 0.3) is 0 Å². The van der Waals surface area contributed by atoms with E-state index in [-0.39, 0.29) is 17.8 Å². The standard InChI is InChI=1S/C8H15BO3/c1-11-3-6-4-12-5-7(9)2-8(6)10/h6-8,10H,2-5H2,1H3. The maximum Gasteiger partial charge on any atom is 0.0732 e. The predicted octanol–water partition coefficient (Wildman–Crippen LogP) is -0.0128. The van der Waals surface area contributed by atoms with Gasteiger partial charge in [0.05, 0.1) is 27.2 Å². The van der Waals surface area contributed by atoms with E-state index in [9.17, 15) is 5.11 Å². The van der Waals surface area contributed by atoms with Crippen molar-refractivity contribution < 1.29 is 14.6 Å². The molecule has 0 aromatic heterocycles. The minimum Gasteiger partial charge on any atom is -0.393 e. The minimum absolute atomic E-state index is 0.0399. The van der Waals surface area contributed by atoms with E-state index >= 15 is 0 Å². The second-order valence-electron chi connectivity index (χ2n) is 3.32. The molecule has 0 saturated carbocycles. The Morgan fingerprint density at radius 2 is 2.33 bits per heavy atom. The molecule has 1 heterocycles. The number of aliphatic hydroxyl groups is 1. The summed E-state index contributed by atoms with van der Waals surface area (Å²) >= 11 is 0. The average molecular weight is 170 g/mol. The van der Waals surface area contributed by atoms with Gasteiger partial charge in [-0.1, -0.05) is 5.82 Å². The van der Waals surface area contributed by atoms with E-state index in [4.69, 9.17) is 17.3 Å². The fraction of sp³-hybridized carbons (Fsp3) is 1.00. The first-order chi connectivity index (χ1) is 5.74. The number of hydrogen-bond donors (Lipinski definition) is 1. The van der Waals surface area contributed by atoms with Crippen LogP contribution in [0.3, 0.4) is 0 Å². The molecular formula is C8H15BO3. The Morgan fingerprint density at radius 1 is 1.58 bits per heavy atom. The molecule has 3 nitrogen and oxygen atoms in total. The van der Waals surface area contributed by atoms with Gasteiger partial charge in [-0.3, -0.25) is 0 Å². The highest BCUT2D eigenvalue weighted by Gasteiger charge is 2.24. The van der Waals surface area contributed by atoms with Gasteiger partial charge in [0.25, 0.3) is 0 Å². The van der Waals surface area contributed by atoms with Gasteiger partial charge in [0.1, 0.15) is 0 Å². The average Bonchev–Trinajstić information content (AvgIpc) is 2.15. The maximum atomic E-state index is 9.61. The third kappa shape index (κ3) is 2.77. The summed E-state index contributed by atoms with van der Waals surface area (Å²) in [6, 6.07) is 0. The lowest BCUT2D eigenvalue weighted by Crippen LogP contribution is -2.27. The van der Waals surface area contributed by atoms with Crippen LogP contribution < -0.4 is 0 Å². The van der Waals surface area contributed by atoms with Crippen LogP contribution in [0.15, 0.2) is 0 Å². The number of methoxy groups -OCH3 is 1. The fourth-order valence-electron chi connectivity index (χ4n) is 1.43. The molecule has 3 atom stereocenters. The van der Waals surface area contributed by atoms with Gasteiger partial charge >= 0.3 is 0 Å². The van der Waals surface area contributed by atoms with Gasteiger partial charge in [-0.05, 0) is 6.42 Å². The molecule has 0 bridgehead atoms. The molecule has 0 aromatic carbocycles. The second-order valence-corrected chi connectivity index (χ2v) is 3.32. The van der Waals surface area contributed by atoms with E-state index in [0.717, 1.165) is 0 Å². The summed E-state index contributed by atoms with van der Waals surface area (Å²) in [4.78, 5) is 0. The summed E-state index contributed by atoms with van der Waals surface area (Å²) in [7, 11) is 7.28. The summed E-state index contributed by atoms with van der Waals surface area (Å²) in [6.45, 7) is 1.62. The van der Waals surface area contributed by atoms with Crippen molar-refractivity contribution in [2.24, 2.45) is 5.92 Å². The molecule has 0 spiro atoms. The van der Waals surface area contributed by atoms with Gasteiger partial charge < -0.3 is 14.6 Å². The smallest absolute Gasteiger partial charge is 0.0732 e. The molecule has 3 unspecified atom stereocenters. The van der Waals surface area contributed by atoms with Crippen LogP contribution in [0.1, 0.15) is 6.42 Å². The summed E-state index contributed by atoms with van der Waals surface area (Å²) in [5.41, 5.74) is 0. The SMILES string of the molecule is [B]C1COCC(COC)C(O)C1. The third-order valence-corrected chi connectivity index (χ3v) is 2.13. The van der Waals surface area contributed by atoms with E-state index in [0.29, 0.717) is 26.2 Å². The van der Waals surface area contributed by atoms with Gasteiger partial charge in [-0.2, -0.15) is 0 Å². The highest BCUT2D eigenvalue weighted by Crippen LogP contribution is 2.21. The lowest BCUT2D eigenvalue weighted by atomic mass is 9.82. The Bertz CT molecular complexity index is 131. The van der Waals surface area contributed by atoms with Gasteiger partial charge in [-0.25, -0.2) is 0 Å². The topological polar surface area (TPSA) is 38.7 Å². The van der Waals surface area contributed by atoms with Crippen molar-refractivity contribution in [1.82, 2.24) is 0 Å². The van der Waals surface area contributed by atoms with Gasteiger partial charge in [0, 0.05) is 19.6 Å². The fourth-order valence-corrected chi connectivity index (χ4v) is 1.43. The summed E-state index contributed by atoms with van der Waals surface area (Å²) < 4.78 is 10.2. The first-order valence-corrected chi connectivity index (χ1v) is 4.24. The molecule has 1 fully saturated rings. The summed E-state index contributed by atoms with van der Waals surface area (Å²) in [6.07, 6.45) is 0.219. The molecule has 0 aromatic rings. The van der Waals surface area contributed by atoms with Crippen molar-refractivity contribution in [3.8, 4) is 0 Å². The molecule has 1 saturated heterocycles. The minimum atomic E-state index is -0.387. The van der Waals surface area contributed by atoms with E-state index < -0.39 is 0 Å². The van der Waals surface area contributed by atoms with E-state index in [2.05, 4.69) is 0 Å². The van der Waals surface area contributed by atoms with Crippen molar-refractivity contribution in [2.45, 2.75) is 18.3 Å². The molecule has 0 amide bonds. The van der Waals surface area contributed by atoms with Crippen LogP contribution in [-0.2, 0) is 9.47 Å². The predicted molar refractivity (Wildman–Crippen MR) is 46.3 cm³/mol. The van der Waals surface area contributed by atoms with Crippen LogP contribution >= 0.6 is 0 Å². The Kier molecular flexibility index (Phi) is 4.05.